The molecule has 0 atom stereocenters. The lowest BCUT2D eigenvalue weighted by molar-refractivity contribution is 0.483. The predicted molar refractivity (Wildman–Crippen MR) is 170 cm³/mol. The van der Waals surface area contributed by atoms with Gasteiger partial charge in [0.1, 0.15) is 23.1 Å². The van der Waals surface area contributed by atoms with Gasteiger partial charge in [-0.15, -0.1) is 0 Å². The Labute approximate surface area is 253 Å². The molecule has 0 saturated carbocycles. The molecule has 0 amide bonds. The van der Waals surface area contributed by atoms with Crippen molar-refractivity contribution in [2.75, 3.05) is 6.26 Å². The van der Waals surface area contributed by atoms with Crippen LogP contribution in [-0.4, -0.2) is 34.0 Å². The van der Waals surface area contributed by atoms with E-state index in [1.165, 1.54) is 24.6 Å². The number of fused-ring (bicyclic) bond motifs is 3. The molecule has 0 N–H and O–H groups in total. The second-order valence-corrected chi connectivity index (χ2v) is 12.9. The number of pyridine rings is 1. The molecule has 7 nitrogen and oxygen atoms in total. The van der Waals surface area contributed by atoms with E-state index in [4.69, 9.17) is 4.74 Å². The topological polar surface area (TPSA) is 79.0 Å². The Hall–Kier alpha value is -5.28. The van der Waals surface area contributed by atoms with Crippen molar-refractivity contribution in [3.05, 3.63) is 127 Å². The summed E-state index contributed by atoms with van der Waals surface area (Å²) in [6.07, 6.45) is 6.37. The van der Waals surface area contributed by atoms with Gasteiger partial charge in [-0.05, 0) is 79.1 Å². The molecular formula is C35H27FN4O3S. The highest BCUT2D eigenvalue weighted by Gasteiger charge is 2.16. The zero-order valence-electron chi connectivity index (χ0n) is 24.2. The average molecular weight is 603 g/mol. The van der Waals surface area contributed by atoms with Crippen molar-refractivity contribution >= 4 is 31.6 Å². The number of rotatable bonds is 6. The molecule has 0 aliphatic rings. The minimum Gasteiger partial charge on any atom is -0.457 e. The van der Waals surface area contributed by atoms with Crippen molar-refractivity contribution in [2.45, 2.75) is 18.7 Å². The molecule has 0 unspecified atom stereocenters. The van der Waals surface area contributed by atoms with Crippen molar-refractivity contribution in [1.82, 2.24) is 19.3 Å². The summed E-state index contributed by atoms with van der Waals surface area (Å²) < 4.78 is 48.4. The van der Waals surface area contributed by atoms with Gasteiger partial charge in [-0.3, -0.25) is 4.57 Å². The fourth-order valence-corrected chi connectivity index (χ4v) is 6.57. The lowest BCUT2D eigenvalue weighted by atomic mass is 9.98. The first kappa shape index (κ1) is 27.5. The van der Waals surface area contributed by atoms with Gasteiger partial charge in [0, 0.05) is 53.2 Å². The number of aryl methyl sites for hydroxylation is 2. The fraction of sp³-hybridized carbons (Fsp3) is 0.0857. The molecule has 0 spiro atoms. The van der Waals surface area contributed by atoms with E-state index in [2.05, 4.69) is 10.1 Å². The van der Waals surface area contributed by atoms with Gasteiger partial charge in [-0.2, -0.15) is 5.10 Å². The number of para-hydroxylation sites is 1. The van der Waals surface area contributed by atoms with Crippen LogP contribution in [0.1, 0.15) is 11.1 Å². The molecule has 44 heavy (non-hydrogen) atoms. The van der Waals surface area contributed by atoms with Crippen LogP contribution in [0.25, 0.3) is 44.4 Å². The molecule has 7 rings (SSSR count). The van der Waals surface area contributed by atoms with Crippen LogP contribution in [0.4, 0.5) is 4.39 Å². The zero-order chi connectivity index (χ0) is 30.6. The summed E-state index contributed by atoms with van der Waals surface area (Å²) in [6.45, 7) is 3.81. The van der Waals surface area contributed by atoms with Crippen LogP contribution in [0.2, 0.25) is 0 Å². The molecule has 218 valence electrons. The Balaban J connectivity index is 1.23. The van der Waals surface area contributed by atoms with Crippen LogP contribution < -0.4 is 4.74 Å². The van der Waals surface area contributed by atoms with Crippen LogP contribution in [0, 0.1) is 19.7 Å². The third-order valence-electron chi connectivity index (χ3n) is 7.71. The van der Waals surface area contributed by atoms with E-state index in [1.54, 1.807) is 23.0 Å². The van der Waals surface area contributed by atoms with Gasteiger partial charge in [-0.1, -0.05) is 24.3 Å². The maximum atomic E-state index is 14.2. The second kappa shape index (κ2) is 10.5. The number of halogens is 1. The molecule has 4 aromatic carbocycles. The summed E-state index contributed by atoms with van der Waals surface area (Å²) in [6, 6.07) is 27.6. The normalized spacial score (nSPS) is 11.8. The van der Waals surface area contributed by atoms with Crippen molar-refractivity contribution in [1.29, 1.82) is 0 Å². The highest BCUT2D eigenvalue weighted by atomic mass is 32.2. The molecule has 3 aromatic heterocycles. The number of benzene rings is 4. The molecule has 0 aliphatic heterocycles. The zero-order valence-corrected chi connectivity index (χ0v) is 25.0. The minimum absolute atomic E-state index is 0.305. The van der Waals surface area contributed by atoms with E-state index >= 15 is 0 Å². The molecule has 3 heterocycles. The Kier molecular flexibility index (Phi) is 6.55. The Bertz CT molecular complexity index is 2320. The summed E-state index contributed by atoms with van der Waals surface area (Å²) in [5, 5.41) is 6.63. The third kappa shape index (κ3) is 4.91. The Morgan fingerprint density at radius 1 is 0.795 bits per heavy atom. The van der Waals surface area contributed by atoms with Crippen molar-refractivity contribution in [2.24, 2.45) is 0 Å². The Morgan fingerprint density at radius 2 is 1.55 bits per heavy atom. The molecule has 7 aromatic rings. The van der Waals surface area contributed by atoms with Gasteiger partial charge in [0.15, 0.2) is 9.84 Å². The summed E-state index contributed by atoms with van der Waals surface area (Å²) in [5.41, 5.74) is 6.14. The van der Waals surface area contributed by atoms with Crippen LogP contribution >= 0.6 is 0 Å². The number of hydrogen-bond donors (Lipinski definition) is 0. The lowest BCUT2D eigenvalue weighted by Gasteiger charge is -2.11. The molecule has 0 fully saturated rings. The van der Waals surface area contributed by atoms with E-state index < -0.39 is 9.84 Å². The molecule has 0 aliphatic carbocycles. The first-order chi connectivity index (χ1) is 21.2. The number of hydrogen-bond acceptors (Lipinski definition) is 5. The monoisotopic (exact) mass is 602 g/mol. The average Bonchev–Trinajstić information content (AvgIpc) is 3.59. The molecular weight excluding hydrogens is 575 g/mol. The predicted octanol–water partition coefficient (Wildman–Crippen LogP) is 7.98. The first-order valence-corrected chi connectivity index (χ1v) is 15.8. The summed E-state index contributed by atoms with van der Waals surface area (Å²) in [7, 11) is -3.31. The quantitative estimate of drug-likeness (QED) is 0.193. The van der Waals surface area contributed by atoms with Gasteiger partial charge in [0.25, 0.3) is 0 Å². The standard InChI is InChI=1S/C35H27FN4O3S/c1-22-15-29(44(3,41)42)16-23(2)35(22)24-20-38-39(21-24)26-7-6-8-27(18-26)43-28-11-12-31-30-9-4-5-10-32(30)40(33(31)19-28)34-17-25(36)13-14-37-34/h4-21H,1-3H3. The number of sulfone groups is 1. The van der Waals surface area contributed by atoms with E-state index in [1.807, 2.05) is 91.3 Å². The summed E-state index contributed by atoms with van der Waals surface area (Å²) in [4.78, 5) is 4.74. The van der Waals surface area contributed by atoms with E-state index in [-0.39, 0.29) is 5.82 Å². The van der Waals surface area contributed by atoms with Crippen LogP contribution in [-0.2, 0) is 9.84 Å². The van der Waals surface area contributed by atoms with Crippen molar-refractivity contribution in [3.63, 3.8) is 0 Å². The van der Waals surface area contributed by atoms with Crippen molar-refractivity contribution in [3.8, 4) is 34.1 Å². The van der Waals surface area contributed by atoms with E-state index in [0.29, 0.717) is 22.2 Å². The van der Waals surface area contributed by atoms with Gasteiger partial charge < -0.3 is 4.74 Å². The Morgan fingerprint density at radius 3 is 2.32 bits per heavy atom. The summed E-state index contributed by atoms with van der Waals surface area (Å²) in [5.74, 6) is 1.37. The SMILES string of the molecule is Cc1cc(S(C)(=O)=O)cc(C)c1-c1cnn(-c2cccc(Oc3ccc4c5ccccc5n(-c5cc(F)ccn5)c4c3)c2)c1. The van der Waals surface area contributed by atoms with Gasteiger partial charge >= 0.3 is 0 Å². The lowest BCUT2D eigenvalue weighted by Crippen LogP contribution is -2.00. The molecule has 0 radical (unpaired) electrons. The van der Waals surface area contributed by atoms with Crippen LogP contribution in [0.3, 0.4) is 0 Å². The van der Waals surface area contributed by atoms with E-state index in [9.17, 15) is 12.8 Å². The summed E-state index contributed by atoms with van der Waals surface area (Å²) >= 11 is 0. The molecule has 0 bridgehead atoms. The smallest absolute Gasteiger partial charge is 0.175 e. The van der Waals surface area contributed by atoms with E-state index in [0.717, 1.165) is 49.7 Å². The van der Waals surface area contributed by atoms with Gasteiger partial charge in [0.2, 0.25) is 0 Å². The van der Waals surface area contributed by atoms with Crippen LogP contribution in [0.5, 0.6) is 11.5 Å². The van der Waals surface area contributed by atoms with Gasteiger partial charge in [0.05, 0.1) is 27.8 Å². The number of ether oxygens (including phenoxy) is 1. The largest absolute Gasteiger partial charge is 0.457 e. The fourth-order valence-electron chi connectivity index (χ4n) is 5.79. The van der Waals surface area contributed by atoms with Crippen LogP contribution in [0.15, 0.2) is 114 Å². The second-order valence-electron chi connectivity index (χ2n) is 10.8. The van der Waals surface area contributed by atoms with Gasteiger partial charge in [-0.25, -0.2) is 22.5 Å². The third-order valence-corrected chi connectivity index (χ3v) is 8.80. The number of nitrogens with zero attached hydrogens (tertiary/aromatic N) is 4. The highest BCUT2D eigenvalue weighted by Crippen LogP contribution is 2.35. The first-order valence-electron chi connectivity index (χ1n) is 14.0. The maximum Gasteiger partial charge on any atom is 0.175 e. The highest BCUT2D eigenvalue weighted by molar-refractivity contribution is 7.90. The molecule has 9 heteroatoms. The number of aromatic nitrogens is 4. The van der Waals surface area contributed by atoms with Crippen molar-refractivity contribution < 1.29 is 17.5 Å². The molecule has 0 saturated heterocycles. The minimum atomic E-state index is -3.31. The maximum absolute atomic E-state index is 14.2.